The zero-order valence-corrected chi connectivity index (χ0v) is 9.15. The van der Waals surface area contributed by atoms with Crippen molar-refractivity contribution in [3.05, 3.63) is 35.9 Å². The SMILES string of the molecule is O=C(OC[C@@H]1O[C@@H](O)C[C@H]1O)c1ccccc1. The van der Waals surface area contributed by atoms with Gasteiger partial charge in [0.25, 0.3) is 0 Å². The number of aliphatic hydroxyl groups excluding tert-OH is 2. The molecule has 5 nitrogen and oxygen atoms in total. The quantitative estimate of drug-likeness (QED) is 0.741. The van der Waals surface area contributed by atoms with Crippen molar-refractivity contribution >= 4 is 5.97 Å². The summed E-state index contributed by atoms with van der Waals surface area (Å²) in [6.07, 6.45) is -2.29. The van der Waals surface area contributed by atoms with Gasteiger partial charge in [-0.05, 0) is 12.1 Å². The number of hydrogen-bond donors (Lipinski definition) is 2. The second-order valence-corrected chi connectivity index (χ2v) is 3.90. The van der Waals surface area contributed by atoms with Gasteiger partial charge in [-0.1, -0.05) is 18.2 Å². The summed E-state index contributed by atoms with van der Waals surface area (Å²) in [5.41, 5.74) is 0.445. The third-order valence-electron chi connectivity index (χ3n) is 2.59. The molecule has 17 heavy (non-hydrogen) atoms. The van der Waals surface area contributed by atoms with Gasteiger partial charge >= 0.3 is 5.97 Å². The predicted octanol–water partition coefficient (Wildman–Crippen LogP) is 0.312. The fraction of sp³-hybridized carbons (Fsp3) is 0.417. The molecule has 1 aliphatic heterocycles. The van der Waals surface area contributed by atoms with Crippen molar-refractivity contribution in [1.29, 1.82) is 0 Å². The van der Waals surface area contributed by atoms with Crippen molar-refractivity contribution in [2.24, 2.45) is 0 Å². The van der Waals surface area contributed by atoms with Gasteiger partial charge < -0.3 is 19.7 Å². The molecule has 0 bridgehead atoms. The fourth-order valence-electron chi connectivity index (χ4n) is 1.67. The molecule has 1 saturated heterocycles. The molecule has 1 heterocycles. The molecule has 0 aromatic heterocycles. The molecular formula is C12H14O5. The first kappa shape index (κ1) is 12.0. The number of benzene rings is 1. The van der Waals surface area contributed by atoms with E-state index in [1.54, 1.807) is 30.3 Å². The summed E-state index contributed by atoms with van der Waals surface area (Å²) in [5, 5.41) is 18.6. The van der Waals surface area contributed by atoms with Gasteiger partial charge in [0.05, 0.1) is 11.7 Å². The van der Waals surface area contributed by atoms with Gasteiger partial charge in [0.1, 0.15) is 12.7 Å². The zero-order chi connectivity index (χ0) is 12.3. The van der Waals surface area contributed by atoms with Crippen molar-refractivity contribution in [2.75, 3.05) is 6.61 Å². The molecule has 2 rings (SSSR count). The number of aliphatic hydroxyl groups is 2. The number of ether oxygens (including phenoxy) is 2. The first-order valence-corrected chi connectivity index (χ1v) is 5.40. The number of carbonyl (C=O) groups excluding carboxylic acids is 1. The van der Waals surface area contributed by atoms with Gasteiger partial charge in [0.15, 0.2) is 6.29 Å². The van der Waals surface area contributed by atoms with Crippen LogP contribution in [0, 0.1) is 0 Å². The molecule has 1 aliphatic rings. The molecule has 0 saturated carbocycles. The lowest BCUT2D eigenvalue weighted by Gasteiger charge is -2.13. The lowest BCUT2D eigenvalue weighted by Crippen LogP contribution is -2.28. The van der Waals surface area contributed by atoms with Gasteiger partial charge in [-0.15, -0.1) is 0 Å². The van der Waals surface area contributed by atoms with Crippen molar-refractivity contribution in [3.8, 4) is 0 Å². The molecular weight excluding hydrogens is 224 g/mol. The lowest BCUT2D eigenvalue weighted by atomic mass is 10.2. The molecule has 2 N–H and O–H groups in total. The third-order valence-corrected chi connectivity index (χ3v) is 2.59. The molecule has 1 aromatic rings. The molecule has 0 spiro atoms. The summed E-state index contributed by atoms with van der Waals surface area (Å²) in [5.74, 6) is -0.470. The van der Waals surface area contributed by atoms with Crippen LogP contribution in [-0.2, 0) is 9.47 Å². The molecule has 92 valence electrons. The first-order chi connectivity index (χ1) is 8.16. The van der Waals surface area contributed by atoms with E-state index < -0.39 is 24.5 Å². The highest BCUT2D eigenvalue weighted by Crippen LogP contribution is 2.19. The summed E-state index contributed by atoms with van der Waals surface area (Å²) >= 11 is 0. The Balaban J connectivity index is 1.85. The fourth-order valence-corrected chi connectivity index (χ4v) is 1.67. The molecule has 1 fully saturated rings. The van der Waals surface area contributed by atoms with E-state index in [4.69, 9.17) is 14.6 Å². The topological polar surface area (TPSA) is 76.0 Å². The van der Waals surface area contributed by atoms with E-state index in [0.717, 1.165) is 0 Å². The molecule has 3 atom stereocenters. The Morgan fingerprint density at radius 1 is 1.35 bits per heavy atom. The van der Waals surface area contributed by atoms with Crippen LogP contribution in [0.1, 0.15) is 16.8 Å². The average molecular weight is 238 g/mol. The molecule has 0 amide bonds. The van der Waals surface area contributed by atoms with E-state index in [-0.39, 0.29) is 13.0 Å². The smallest absolute Gasteiger partial charge is 0.338 e. The van der Waals surface area contributed by atoms with Gasteiger partial charge in [-0.3, -0.25) is 0 Å². The molecule has 1 aromatic carbocycles. The summed E-state index contributed by atoms with van der Waals surface area (Å²) in [4.78, 5) is 11.6. The largest absolute Gasteiger partial charge is 0.459 e. The maximum Gasteiger partial charge on any atom is 0.338 e. The summed E-state index contributed by atoms with van der Waals surface area (Å²) in [7, 11) is 0. The minimum atomic E-state index is -0.981. The van der Waals surface area contributed by atoms with Crippen LogP contribution < -0.4 is 0 Å². The van der Waals surface area contributed by atoms with Crippen LogP contribution in [0.4, 0.5) is 0 Å². The summed E-state index contributed by atoms with van der Waals surface area (Å²) < 4.78 is 9.98. The van der Waals surface area contributed by atoms with Crippen LogP contribution in [0.2, 0.25) is 0 Å². The predicted molar refractivity (Wildman–Crippen MR) is 58.2 cm³/mol. The first-order valence-electron chi connectivity index (χ1n) is 5.40. The Morgan fingerprint density at radius 2 is 2.06 bits per heavy atom. The number of esters is 1. The highest BCUT2D eigenvalue weighted by Gasteiger charge is 2.33. The van der Waals surface area contributed by atoms with Gasteiger partial charge in [0, 0.05) is 6.42 Å². The second-order valence-electron chi connectivity index (χ2n) is 3.90. The maximum absolute atomic E-state index is 11.6. The van der Waals surface area contributed by atoms with E-state index in [9.17, 15) is 9.90 Å². The summed E-state index contributed by atoms with van der Waals surface area (Å²) in [6.45, 7) is -0.0635. The van der Waals surface area contributed by atoms with Crippen molar-refractivity contribution in [1.82, 2.24) is 0 Å². The van der Waals surface area contributed by atoms with Crippen molar-refractivity contribution < 1.29 is 24.5 Å². The van der Waals surface area contributed by atoms with Crippen LogP contribution in [0.15, 0.2) is 30.3 Å². The minimum Gasteiger partial charge on any atom is -0.459 e. The Morgan fingerprint density at radius 3 is 2.65 bits per heavy atom. The Labute approximate surface area is 98.6 Å². The van der Waals surface area contributed by atoms with E-state index in [0.29, 0.717) is 5.56 Å². The van der Waals surface area contributed by atoms with Crippen LogP contribution in [-0.4, -0.2) is 41.3 Å². The molecule has 0 unspecified atom stereocenters. The van der Waals surface area contributed by atoms with E-state index >= 15 is 0 Å². The highest BCUT2D eigenvalue weighted by molar-refractivity contribution is 5.89. The van der Waals surface area contributed by atoms with Crippen LogP contribution in [0.5, 0.6) is 0 Å². The van der Waals surface area contributed by atoms with Gasteiger partial charge in [-0.25, -0.2) is 4.79 Å². The number of carbonyl (C=O) groups is 1. The van der Waals surface area contributed by atoms with Crippen LogP contribution >= 0.6 is 0 Å². The maximum atomic E-state index is 11.6. The monoisotopic (exact) mass is 238 g/mol. The molecule has 0 aliphatic carbocycles. The van der Waals surface area contributed by atoms with E-state index in [1.807, 2.05) is 0 Å². The van der Waals surface area contributed by atoms with Crippen LogP contribution in [0.25, 0.3) is 0 Å². The Hall–Kier alpha value is -1.43. The Bertz CT molecular complexity index is 378. The highest BCUT2D eigenvalue weighted by atomic mass is 16.6. The van der Waals surface area contributed by atoms with Gasteiger partial charge in [0.2, 0.25) is 0 Å². The number of rotatable bonds is 3. The van der Waals surface area contributed by atoms with Crippen LogP contribution in [0.3, 0.4) is 0 Å². The Kier molecular flexibility index (Phi) is 3.73. The normalized spacial score (nSPS) is 28.0. The minimum absolute atomic E-state index is 0.0635. The number of hydrogen-bond acceptors (Lipinski definition) is 5. The zero-order valence-electron chi connectivity index (χ0n) is 9.15. The molecule has 0 radical (unpaired) electrons. The van der Waals surface area contributed by atoms with Gasteiger partial charge in [-0.2, -0.15) is 0 Å². The molecule has 5 heteroatoms. The van der Waals surface area contributed by atoms with E-state index in [1.165, 1.54) is 0 Å². The van der Waals surface area contributed by atoms with Crippen molar-refractivity contribution in [3.63, 3.8) is 0 Å². The second kappa shape index (κ2) is 5.27. The average Bonchev–Trinajstić information content (AvgIpc) is 2.66. The summed E-state index contributed by atoms with van der Waals surface area (Å²) in [6, 6.07) is 8.56. The lowest BCUT2D eigenvalue weighted by molar-refractivity contribution is -0.109. The van der Waals surface area contributed by atoms with E-state index in [2.05, 4.69) is 0 Å². The van der Waals surface area contributed by atoms with Crippen molar-refractivity contribution in [2.45, 2.75) is 24.9 Å². The third kappa shape index (κ3) is 3.03. The standard InChI is InChI=1S/C12H14O5/c13-9-6-11(14)17-10(9)7-16-12(15)8-4-2-1-3-5-8/h1-5,9-11,13-14H,6-7H2/t9-,10+,11-/m1/s1.